The Labute approximate surface area is 123 Å². The minimum atomic E-state index is 0.269. The molecular formula is C13H21N5OS. The number of anilines is 1. The molecule has 2 aliphatic heterocycles. The van der Waals surface area contributed by atoms with E-state index < -0.39 is 0 Å². The van der Waals surface area contributed by atoms with E-state index in [0.29, 0.717) is 12.5 Å². The smallest absolute Gasteiger partial charge is 0.191 e. The molecule has 1 aromatic rings. The van der Waals surface area contributed by atoms with Crippen LogP contribution < -0.4 is 10.6 Å². The standard InChI is InChI=1S/C13H21N5OS/c14-12(16-10-11-2-1-8-19-11)17-4-6-18(7-5-17)13-15-3-9-20-13/h3,9,11H,1-2,4-8,10H2,(H2,14,16). The molecule has 0 aliphatic carbocycles. The minimum Gasteiger partial charge on any atom is -0.376 e. The molecule has 1 aromatic heterocycles. The number of rotatable bonds is 3. The molecule has 0 saturated carbocycles. The summed E-state index contributed by atoms with van der Waals surface area (Å²) < 4.78 is 5.56. The average Bonchev–Trinajstić information content (AvgIpc) is 3.18. The van der Waals surface area contributed by atoms with Crippen molar-refractivity contribution in [1.82, 2.24) is 9.88 Å². The van der Waals surface area contributed by atoms with Crippen molar-refractivity contribution in [3.63, 3.8) is 0 Å². The van der Waals surface area contributed by atoms with Crippen molar-refractivity contribution in [3.05, 3.63) is 11.6 Å². The summed E-state index contributed by atoms with van der Waals surface area (Å²) in [6.07, 6.45) is 4.37. The van der Waals surface area contributed by atoms with Gasteiger partial charge in [-0.3, -0.25) is 4.99 Å². The lowest BCUT2D eigenvalue weighted by molar-refractivity contribution is 0.117. The van der Waals surface area contributed by atoms with Crippen LogP contribution >= 0.6 is 11.3 Å². The summed E-state index contributed by atoms with van der Waals surface area (Å²) >= 11 is 1.68. The molecule has 0 spiro atoms. The predicted octanol–water partition coefficient (Wildman–Crippen LogP) is 0.759. The molecule has 0 aromatic carbocycles. The van der Waals surface area contributed by atoms with Crippen molar-refractivity contribution in [2.75, 3.05) is 44.2 Å². The van der Waals surface area contributed by atoms with Crippen LogP contribution in [0.25, 0.3) is 0 Å². The molecule has 1 unspecified atom stereocenters. The highest BCUT2D eigenvalue weighted by Gasteiger charge is 2.20. The van der Waals surface area contributed by atoms with Crippen LogP contribution in [-0.2, 0) is 4.74 Å². The maximum Gasteiger partial charge on any atom is 0.191 e. The van der Waals surface area contributed by atoms with Crippen molar-refractivity contribution < 1.29 is 4.74 Å². The fourth-order valence-electron chi connectivity index (χ4n) is 2.58. The largest absolute Gasteiger partial charge is 0.376 e. The molecule has 2 fully saturated rings. The zero-order valence-electron chi connectivity index (χ0n) is 11.6. The van der Waals surface area contributed by atoms with Crippen molar-refractivity contribution in [1.29, 1.82) is 0 Å². The molecule has 1 atom stereocenters. The van der Waals surface area contributed by atoms with Gasteiger partial charge in [0.15, 0.2) is 11.1 Å². The first kappa shape index (κ1) is 13.6. The van der Waals surface area contributed by atoms with Crippen molar-refractivity contribution in [2.45, 2.75) is 18.9 Å². The molecule has 0 radical (unpaired) electrons. The van der Waals surface area contributed by atoms with Crippen LogP contribution in [-0.4, -0.2) is 61.3 Å². The second kappa shape index (κ2) is 6.41. The first-order valence-corrected chi connectivity index (χ1v) is 8.02. The van der Waals surface area contributed by atoms with Crippen molar-refractivity contribution >= 4 is 22.4 Å². The number of nitrogens with zero attached hydrogens (tertiary/aromatic N) is 4. The van der Waals surface area contributed by atoms with Gasteiger partial charge in [-0.15, -0.1) is 11.3 Å². The number of hydrogen-bond donors (Lipinski definition) is 1. The molecule has 110 valence electrons. The van der Waals surface area contributed by atoms with Gasteiger partial charge in [-0.25, -0.2) is 4.98 Å². The van der Waals surface area contributed by atoms with Crippen LogP contribution in [0.2, 0.25) is 0 Å². The van der Waals surface area contributed by atoms with Crippen LogP contribution in [0.1, 0.15) is 12.8 Å². The summed E-state index contributed by atoms with van der Waals surface area (Å²) in [4.78, 5) is 13.3. The Bertz CT molecular complexity index is 436. The average molecular weight is 295 g/mol. The van der Waals surface area contributed by atoms with Crippen molar-refractivity contribution in [2.24, 2.45) is 10.7 Å². The first-order valence-electron chi connectivity index (χ1n) is 7.14. The van der Waals surface area contributed by atoms with E-state index in [1.54, 1.807) is 11.3 Å². The maximum absolute atomic E-state index is 6.08. The van der Waals surface area contributed by atoms with Gasteiger partial charge in [0, 0.05) is 44.4 Å². The zero-order valence-corrected chi connectivity index (χ0v) is 12.4. The third-order valence-electron chi connectivity index (χ3n) is 3.77. The van der Waals surface area contributed by atoms with Gasteiger partial charge in [0.25, 0.3) is 0 Å². The predicted molar refractivity (Wildman–Crippen MR) is 81.4 cm³/mol. The molecule has 0 bridgehead atoms. The molecule has 2 saturated heterocycles. The molecule has 6 nitrogen and oxygen atoms in total. The lowest BCUT2D eigenvalue weighted by Crippen LogP contribution is -2.51. The SMILES string of the molecule is NC(=NCC1CCCO1)N1CCN(c2nccs2)CC1. The molecule has 20 heavy (non-hydrogen) atoms. The summed E-state index contributed by atoms with van der Waals surface area (Å²) in [5, 5.41) is 3.11. The van der Waals surface area contributed by atoms with Gasteiger partial charge in [0.1, 0.15) is 0 Å². The summed E-state index contributed by atoms with van der Waals surface area (Å²) in [5.41, 5.74) is 6.08. The number of nitrogens with two attached hydrogens (primary N) is 1. The van der Waals surface area contributed by atoms with E-state index in [2.05, 4.69) is 19.8 Å². The quantitative estimate of drug-likeness (QED) is 0.659. The number of guanidine groups is 1. The topological polar surface area (TPSA) is 67.0 Å². The van der Waals surface area contributed by atoms with Gasteiger partial charge in [0.2, 0.25) is 0 Å². The number of thiazole rings is 1. The Hall–Kier alpha value is -1.34. The second-order valence-corrected chi connectivity index (χ2v) is 6.00. The Morgan fingerprint density at radius 1 is 1.45 bits per heavy atom. The van der Waals surface area contributed by atoms with Crippen LogP contribution in [0.5, 0.6) is 0 Å². The monoisotopic (exact) mass is 295 g/mol. The van der Waals surface area contributed by atoms with Gasteiger partial charge >= 0.3 is 0 Å². The third-order valence-corrected chi connectivity index (χ3v) is 4.61. The highest BCUT2D eigenvalue weighted by atomic mass is 32.1. The fraction of sp³-hybridized carbons (Fsp3) is 0.692. The number of aromatic nitrogens is 1. The van der Waals surface area contributed by atoms with E-state index in [4.69, 9.17) is 10.5 Å². The van der Waals surface area contributed by atoms with Gasteiger partial charge in [-0.1, -0.05) is 0 Å². The Morgan fingerprint density at radius 2 is 2.30 bits per heavy atom. The van der Waals surface area contributed by atoms with E-state index in [0.717, 1.165) is 50.8 Å². The lowest BCUT2D eigenvalue weighted by atomic mass is 10.2. The third kappa shape index (κ3) is 3.21. The first-order chi connectivity index (χ1) is 9.83. The zero-order chi connectivity index (χ0) is 13.8. The molecule has 3 heterocycles. The fourth-order valence-corrected chi connectivity index (χ4v) is 3.28. The van der Waals surface area contributed by atoms with Crippen molar-refractivity contribution in [3.8, 4) is 0 Å². The second-order valence-electron chi connectivity index (χ2n) is 5.12. The van der Waals surface area contributed by atoms with Crippen LogP contribution in [0.4, 0.5) is 5.13 Å². The number of hydrogen-bond acceptors (Lipinski definition) is 5. The molecule has 3 rings (SSSR count). The van der Waals surface area contributed by atoms with Gasteiger partial charge in [-0.2, -0.15) is 0 Å². The van der Waals surface area contributed by atoms with E-state index in [1.807, 2.05) is 11.6 Å². The Kier molecular flexibility index (Phi) is 4.37. The highest BCUT2D eigenvalue weighted by Crippen LogP contribution is 2.18. The molecule has 0 amide bonds. The maximum atomic E-state index is 6.08. The number of piperazine rings is 1. The van der Waals surface area contributed by atoms with Crippen LogP contribution in [0, 0.1) is 0 Å². The molecule has 2 N–H and O–H groups in total. The van der Waals surface area contributed by atoms with Gasteiger partial charge < -0.3 is 20.3 Å². The molecular weight excluding hydrogens is 274 g/mol. The van der Waals surface area contributed by atoms with Crippen LogP contribution in [0.3, 0.4) is 0 Å². The highest BCUT2D eigenvalue weighted by molar-refractivity contribution is 7.13. The number of aliphatic imine (C=N–C) groups is 1. The van der Waals surface area contributed by atoms with E-state index in [9.17, 15) is 0 Å². The van der Waals surface area contributed by atoms with Crippen LogP contribution in [0.15, 0.2) is 16.6 Å². The van der Waals surface area contributed by atoms with E-state index in [1.165, 1.54) is 0 Å². The Balaban J connectivity index is 1.48. The summed E-state index contributed by atoms with van der Waals surface area (Å²) in [6.45, 7) is 5.26. The number of ether oxygens (including phenoxy) is 1. The van der Waals surface area contributed by atoms with E-state index >= 15 is 0 Å². The minimum absolute atomic E-state index is 0.269. The summed E-state index contributed by atoms with van der Waals surface area (Å²) in [5.74, 6) is 0.652. The Morgan fingerprint density at radius 3 is 2.95 bits per heavy atom. The lowest BCUT2D eigenvalue weighted by Gasteiger charge is -2.35. The normalized spacial score (nSPS) is 24.4. The molecule has 2 aliphatic rings. The molecule has 7 heteroatoms. The van der Waals surface area contributed by atoms with Gasteiger partial charge in [-0.05, 0) is 12.8 Å². The van der Waals surface area contributed by atoms with Gasteiger partial charge in [0.05, 0.1) is 12.6 Å². The summed E-state index contributed by atoms with van der Waals surface area (Å²) in [6, 6.07) is 0. The van der Waals surface area contributed by atoms with E-state index in [-0.39, 0.29) is 6.10 Å². The summed E-state index contributed by atoms with van der Waals surface area (Å²) in [7, 11) is 0.